The van der Waals surface area contributed by atoms with Gasteiger partial charge in [-0.3, -0.25) is 19.2 Å². The van der Waals surface area contributed by atoms with Gasteiger partial charge in [0.1, 0.15) is 28.6 Å². The van der Waals surface area contributed by atoms with Crippen molar-refractivity contribution in [3.05, 3.63) is 51.5 Å². The third kappa shape index (κ3) is 3.74. The minimum Gasteiger partial charge on any atom is -0.511 e. The fraction of sp³-hybridized carbons (Fsp3) is 0.562. The van der Waals surface area contributed by atoms with Gasteiger partial charge >= 0.3 is 0 Å². The second-order valence-electron chi connectivity index (χ2n) is 12.7. The van der Waals surface area contributed by atoms with Gasteiger partial charge in [-0.25, -0.2) is 0 Å². The third-order valence-electron chi connectivity index (χ3n) is 10.1. The minimum absolute atomic E-state index is 0.103. The molecule has 41 heavy (non-hydrogen) atoms. The van der Waals surface area contributed by atoms with E-state index in [0.29, 0.717) is 18.4 Å². The number of phenolic OH excluding ortho intramolecular Hbond substituents is 1. The molecule has 1 aromatic carbocycles. The van der Waals surface area contributed by atoms with E-state index in [1.807, 2.05) is 6.92 Å². The van der Waals surface area contributed by atoms with E-state index in [0.717, 1.165) is 13.3 Å². The van der Waals surface area contributed by atoms with Crippen molar-refractivity contribution in [2.75, 3.05) is 0 Å². The van der Waals surface area contributed by atoms with E-state index < -0.39 is 86.1 Å². The molecule has 9 nitrogen and oxygen atoms in total. The molecule has 0 fully saturated rings. The Balaban J connectivity index is 2.02. The maximum Gasteiger partial charge on any atom is 0.209 e. The fourth-order valence-electron chi connectivity index (χ4n) is 7.80. The van der Waals surface area contributed by atoms with Crippen molar-refractivity contribution in [3.8, 4) is 5.75 Å². The SMILES string of the molecule is CCCCC(=O)Cc1ccc2c(c1O)C(=O)C1=C(O)[C@@]3(O)C(=O)C(C(C)=O)=C(O)C(C(C)C)[C@@]3(C)[C@H](O)[C@@]1(C)[C@@H]2C. The predicted octanol–water partition coefficient (Wildman–Crippen LogP) is 4.18. The van der Waals surface area contributed by atoms with Crippen LogP contribution >= 0.6 is 0 Å². The summed E-state index contributed by atoms with van der Waals surface area (Å²) >= 11 is 0. The van der Waals surface area contributed by atoms with Crippen LogP contribution in [0.25, 0.3) is 0 Å². The first-order chi connectivity index (χ1) is 18.9. The summed E-state index contributed by atoms with van der Waals surface area (Å²) in [6, 6.07) is 3.19. The van der Waals surface area contributed by atoms with Crippen LogP contribution < -0.4 is 0 Å². The molecule has 0 amide bonds. The number of aliphatic hydroxyl groups excluding tert-OH is 3. The first kappa shape index (κ1) is 30.7. The number of hydrogen-bond acceptors (Lipinski definition) is 9. The molecular weight excluding hydrogens is 528 g/mol. The van der Waals surface area contributed by atoms with E-state index in [4.69, 9.17) is 0 Å². The Morgan fingerprint density at radius 1 is 1.07 bits per heavy atom. The monoisotopic (exact) mass is 568 g/mol. The number of unbranched alkanes of at least 4 members (excludes halogenated alkanes) is 1. The summed E-state index contributed by atoms with van der Waals surface area (Å²) in [5, 5.41) is 58.6. The zero-order valence-corrected chi connectivity index (χ0v) is 24.7. The number of ketones is 4. The summed E-state index contributed by atoms with van der Waals surface area (Å²) in [6.07, 6.45) is 0.0447. The largest absolute Gasteiger partial charge is 0.511 e. The molecule has 222 valence electrons. The lowest BCUT2D eigenvalue weighted by molar-refractivity contribution is -0.211. The van der Waals surface area contributed by atoms with Gasteiger partial charge in [0.2, 0.25) is 5.78 Å². The molecule has 4 rings (SSSR count). The molecule has 0 radical (unpaired) electrons. The molecule has 0 bridgehead atoms. The van der Waals surface area contributed by atoms with Gasteiger partial charge in [0.15, 0.2) is 17.2 Å². The Kier molecular flexibility index (Phi) is 7.41. The topological polar surface area (TPSA) is 169 Å². The molecule has 1 aromatic rings. The third-order valence-corrected chi connectivity index (χ3v) is 10.1. The quantitative estimate of drug-likeness (QED) is 0.303. The molecule has 1 unspecified atom stereocenters. The number of aromatic hydroxyl groups is 1. The molecule has 3 aliphatic rings. The molecule has 9 heteroatoms. The first-order valence-electron chi connectivity index (χ1n) is 14.2. The highest BCUT2D eigenvalue weighted by Gasteiger charge is 2.76. The molecule has 0 spiro atoms. The summed E-state index contributed by atoms with van der Waals surface area (Å²) in [7, 11) is 0. The van der Waals surface area contributed by atoms with Crippen LogP contribution in [0.4, 0.5) is 0 Å². The standard InChI is InChI=1S/C32H40O9/c1-8-9-10-18(34)13-17-11-12-19-15(4)30(6)23(26(37)21(19)24(17)35)28(39)32(41)27(38)20(16(5)33)25(36)22(14(2)3)31(32,7)29(30)40/h11-12,14-15,22,29,35-36,39-41H,8-10,13H2,1-7H3/t15-,22?,29-,30+,31+,32+/m1/s1. The number of phenols is 1. The van der Waals surface area contributed by atoms with E-state index in [1.54, 1.807) is 39.8 Å². The Labute approximate surface area is 239 Å². The summed E-state index contributed by atoms with van der Waals surface area (Å²) in [6.45, 7) is 11.0. The van der Waals surface area contributed by atoms with Crippen LogP contribution in [0.5, 0.6) is 5.75 Å². The number of rotatable bonds is 7. The van der Waals surface area contributed by atoms with Gasteiger partial charge in [-0.15, -0.1) is 0 Å². The molecule has 0 aromatic heterocycles. The van der Waals surface area contributed by atoms with Gasteiger partial charge in [0.05, 0.1) is 17.2 Å². The zero-order chi connectivity index (χ0) is 31.0. The van der Waals surface area contributed by atoms with Gasteiger partial charge in [0, 0.05) is 35.2 Å². The summed E-state index contributed by atoms with van der Waals surface area (Å²) in [5.74, 6) is -7.56. The van der Waals surface area contributed by atoms with Crippen LogP contribution in [0.2, 0.25) is 0 Å². The molecule has 0 saturated carbocycles. The van der Waals surface area contributed by atoms with Crippen molar-refractivity contribution in [2.24, 2.45) is 22.7 Å². The van der Waals surface area contributed by atoms with Gasteiger partial charge in [-0.1, -0.05) is 60.1 Å². The van der Waals surface area contributed by atoms with E-state index in [9.17, 15) is 44.7 Å². The smallest absolute Gasteiger partial charge is 0.209 e. The van der Waals surface area contributed by atoms with Crippen LogP contribution in [0, 0.1) is 22.7 Å². The highest BCUT2D eigenvalue weighted by molar-refractivity contribution is 6.25. The van der Waals surface area contributed by atoms with E-state index in [2.05, 4.69) is 0 Å². The number of hydrogen-bond donors (Lipinski definition) is 5. The predicted molar refractivity (Wildman–Crippen MR) is 150 cm³/mol. The van der Waals surface area contributed by atoms with E-state index in [-0.39, 0.29) is 23.3 Å². The minimum atomic E-state index is -2.93. The van der Waals surface area contributed by atoms with E-state index >= 15 is 0 Å². The van der Waals surface area contributed by atoms with Crippen LogP contribution in [0.15, 0.2) is 34.8 Å². The van der Waals surface area contributed by atoms with Crippen molar-refractivity contribution < 1.29 is 44.7 Å². The van der Waals surface area contributed by atoms with Crippen molar-refractivity contribution in [2.45, 2.75) is 91.8 Å². The van der Waals surface area contributed by atoms with Crippen molar-refractivity contribution in [3.63, 3.8) is 0 Å². The molecule has 0 aliphatic heterocycles. The van der Waals surface area contributed by atoms with Gasteiger partial charge in [-0.2, -0.15) is 0 Å². The number of fused-ring (bicyclic) bond motifs is 3. The number of carbonyl (C=O) groups is 4. The van der Waals surface area contributed by atoms with Gasteiger partial charge < -0.3 is 25.5 Å². The first-order valence-corrected chi connectivity index (χ1v) is 14.2. The molecular formula is C32H40O9. The lowest BCUT2D eigenvalue weighted by Gasteiger charge is -2.63. The van der Waals surface area contributed by atoms with Crippen LogP contribution in [-0.2, 0) is 20.8 Å². The van der Waals surface area contributed by atoms with Crippen LogP contribution in [0.3, 0.4) is 0 Å². The highest BCUT2D eigenvalue weighted by atomic mass is 16.4. The second-order valence-corrected chi connectivity index (χ2v) is 12.7. The zero-order valence-electron chi connectivity index (χ0n) is 24.7. The number of aliphatic hydroxyl groups is 4. The lowest BCUT2D eigenvalue weighted by Crippen LogP contribution is -2.73. The number of allylic oxidation sites excluding steroid dienone is 1. The highest BCUT2D eigenvalue weighted by Crippen LogP contribution is 2.67. The fourth-order valence-corrected chi connectivity index (χ4v) is 7.80. The average Bonchev–Trinajstić information content (AvgIpc) is 2.88. The van der Waals surface area contributed by atoms with Gasteiger partial charge in [-0.05, 0) is 30.7 Å². The molecule has 0 heterocycles. The molecule has 3 aliphatic carbocycles. The summed E-state index contributed by atoms with van der Waals surface area (Å²) in [5.41, 5.74) is -7.18. The maximum absolute atomic E-state index is 14.2. The van der Waals surface area contributed by atoms with Crippen molar-refractivity contribution >= 4 is 23.1 Å². The Morgan fingerprint density at radius 2 is 1.68 bits per heavy atom. The Hall–Kier alpha value is -3.30. The maximum atomic E-state index is 14.2. The summed E-state index contributed by atoms with van der Waals surface area (Å²) in [4.78, 5) is 53.0. The number of carbonyl (C=O) groups excluding carboxylic acids is 4. The molecule has 6 atom stereocenters. The average molecular weight is 569 g/mol. The Bertz CT molecular complexity index is 1430. The number of benzene rings is 1. The molecule has 0 saturated heterocycles. The van der Waals surface area contributed by atoms with E-state index in [1.165, 1.54) is 6.92 Å². The normalized spacial score (nSPS) is 33.1. The van der Waals surface area contributed by atoms with Crippen molar-refractivity contribution in [1.29, 1.82) is 0 Å². The van der Waals surface area contributed by atoms with Gasteiger partial charge in [0.25, 0.3) is 0 Å². The summed E-state index contributed by atoms with van der Waals surface area (Å²) < 4.78 is 0. The second kappa shape index (κ2) is 9.91. The Morgan fingerprint density at radius 3 is 2.22 bits per heavy atom. The van der Waals surface area contributed by atoms with Crippen molar-refractivity contribution in [1.82, 2.24) is 0 Å². The number of Topliss-reactive ketones (excluding diaryl/α,β-unsaturated/α-hetero) is 4. The van der Waals surface area contributed by atoms with Crippen LogP contribution in [0.1, 0.15) is 95.1 Å². The lowest BCUT2D eigenvalue weighted by atomic mass is 9.41. The van der Waals surface area contributed by atoms with Crippen LogP contribution in [-0.4, -0.2) is 60.4 Å². The molecule has 5 N–H and O–H groups in total.